The fraction of sp³-hybridized carbons (Fsp3) is 0.167. The Bertz CT molecular complexity index is 520. The topological polar surface area (TPSA) is 56.0 Å². The van der Waals surface area contributed by atoms with Gasteiger partial charge in [-0.15, -0.1) is 0 Å². The van der Waals surface area contributed by atoms with Gasteiger partial charge in [0.05, 0.1) is 11.1 Å². The first kappa shape index (κ1) is 9.65. The van der Waals surface area contributed by atoms with Gasteiger partial charge in [-0.3, -0.25) is 9.78 Å². The molecule has 0 aliphatic heterocycles. The molecule has 0 fully saturated rings. The molecule has 2 rings (SSSR count). The van der Waals surface area contributed by atoms with E-state index in [2.05, 4.69) is 11.9 Å². The lowest BCUT2D eigenvalue weighted by molar-refractivity contribution is 0.1000. The summed E-state index contributed by atoms with van der Waals surface area (Å²) in [6.45, 7) is 2.08. The van der Waals surface area contributed by atoms with E-state index in [1.54, 1.807) is 6.07 Å². The lowest BCUT2D eigenvalue weighted by Gasteiger charge is -2.03. The highest BCUT2D eigenvalue weighted by Gasteiger charge is 2.04. The molecule has 1 aromatic heterocycles. The molecular weight excluding hydrogens is 188 g/mol. The summed E-state index contributed by atoms with van der Waals surface area (Å²) < 4.78 is 0. The lowest BCUT2D eigenvalue weighted by Crippen LogP contribution is -2.11. The Kier molecular flexibility index (Phi) is 2.37. The number of nitrogens with two attached hydrogens (primary N) is 1. The van der Waals surface area contributed by atoms with Crippen molar-refractivity contribution in [2.75, 3.05) is 0 Å². The zero-order valence-electron chi connectivity index (χ0n) is 8.53. The van der Waals surface area contributed by atoms with E-state index in [-0.39, 0.29) is 0 Å². The van der Waals surface area contributed by atoms with Gasteiger partial charge in [-0.25, -0.2) is 0 Å². The van der Waals surface area contributed by atoms with Crippen molar-refractivity contribution in [2.45, 2.75) is 13.3 Å². The van der Waals surface area contributed by atoms with Crippen molar-refractivity contribution in [2.24, 2.45) is 5.73 Å². The molecule has 0 saturated carbocycles. The lowest BCUT2D eigenvalue weighted by atomic mass is 10.1. The minimum absolute atomic E-state index is 0.439. The van der Waals surface area contributed by atoms with Gasteiger partial charge in [0.1, 0.15) is 0 Å². The summed E-state index contributed by atoms with van der Waals surface area (Å²) in [6.07, 6.45) is 2.46. The van der Waals surface area contributed by atoms with Crippen LogP contribution in [-0.4, -0.2) is 10.9 Å². The summed E-state index contributed by atoms with van der Waals surface area (Å²) in [4.78, 5) is 15.3. The van der Waals surface area contributed by atoms with Crippen LogP contribution < -0.4 is 5.73 Å². The summed E-state index contributed by atoms with van der Waals surface area (Å²) in [7, 11) is 0. The molecule has 2 aromatic rings. The zero-order chi connectivity index (χ0) is 10.8. The first-order valence-corrected chi connectivity index (χ1v) is 4.90. The highest BCUT2D eigenvalue weighted by Crippen LogP contribution is 2.17. The number of amides is 1. The van der Waals surface area contributed by atoms with Gasteiger partial charge < -0.3 is 5.73 Å². The number of carbonyl (C=O) groups excluding carboxylic acids is 1. The molecule has 0 aliphatic carbocycles. The van der Waals surface area contributed by atoms with Crippen LogP contribution in [0.15, 0.2) is 30.5 Å². The van der Waals surface area contributed by atoms with Gasteiger partial charge in [-0.1, -0.05) is 25.1 Å². The highest BCUT2D eigenvalue weighted by molar-refractivity contribution is 5.96. The van der Waals surface area contributed by atoms with E-state index in [0.717, 1.165) is 17.3 Å². The maximum absolute atomic E-state index is 11.0. The maximum atomic E-state index is 11.0. The Morgan fingerprint density at radius 3 is 2.93 bits per heavy atom. The molecule has 0 unspecified atom stereocenters. The van der Waals surface area contributed by atoms with Crippen LogP contribution in [0, 0.1) is 0 Å². The standard InChI is InChI=1S/C12H12N2O/c1-2-8-4-3-5-9-6-10(12(13)15)7-14-11(8)9/h3-7H,2H2,1H3,(H2,13,15). The van der Waals surface area contributed by atoms with Crippen molar-refractivity contribution in [1.29, 1.82) is 0 Å². The van der Waals surface area contributed by atoms with Crippen LogP contribution in [0.25, 0.3) is 10.9 Å². The van der Waals surface area contributed by atoms with E-state index in [4.69, 9.17) is 5.73 Å². The van der Waals surface area contributed by atoms with Crippen molar-refractivity contribution in [1.82, 2.24) is 4.98 Å². The Hall–Kier alpha value is -1.90. The average Bonchev–Trinajstić information content (AvgIpc) is 2.27. The largest absolute Gasteiger partial charge is 0.366 e. The number of carbonyl (C=O) groups is 1. The second-order valence-corrected chi connectivity index (χ2v) is 3.43. The van der Waals surface area contributed by atoms with Crippen LogP contribution in [0.4, 0.5) is 0 Å². The van der Waals surface area contributed by atoms with E-state index >= 15 is 0 Å². The van der Waals surface area contributed by atoms with E-state index in [1.165, 1.54) is 11.8 Å². The van der Waals surface area contributed by atoms with Crippen molar-refractivity contribution < 1.29 is 4.79 Å². The minimum Gasteiger partial charge on any atom is -0.366 e. The third-order valence-electron chi connectivity index (χ3n) is 2.46. The number of hydrogen-bond acceptors (Lipinski definition) is 2. The molecule has 76 valence electrons. The molecule has 1 heterocycles. The molecule has 0 spiro atoms. The number of aromatic nitrogens is 1. The predicted molar refractivity (Wildman–Crippen MR) is 59.6 cm³/mol. The summed E-state index contributed by atoms with van der Waals surface area (Å²) in [6, 6.07) is 7.73. The zero-order valence-corrected chi connectivity index (χ0v) is 8.53. The van der Waals surface area contributed by atoms with Crippen LogP contribution >= 0.6 is 0 Å². The molecule has 1 aromatic carbocycles. The van der Waals surface area contributed by atoms with Gasteiger partial charge in [-0.2, -0.15) is 0 Å². The number of fused-ring (bicyclic) bond motifs is 1. The van der Waals surface area contributed by atoms with Crippen LogP contribution in [0.5, 0.6) is 0 Å². The van der Waals surface area contributed by atoms with Crippen LogP contribution in [0.3, 0.4) is 0 Å². The van der Waals surface area contributed by atoms with Crippen molar-refractivity contribution in [3.05, 3.63) is 41.6 Å². The van der Waals surface area contributed by atoms with Crippen LogP contribution in [0.2, 0.25) is 0 Å². The van der Waals surface area contributed by atoms with Crippen molar-refractivity contribution in [3.63, 3.8) is 0 Å². The van der Waals surface area contributed by atoms with Gasteiger partial charge in [0.15, 0.2) is 0 Å². The molecule has 15 heavy (non-hydrogen) atoms. The normalized spacial score (nSPS) is 10.5. The predicted octanol–water partition coefficient (Wildman–Crippen LogP) is 1.90. The molecule has 0 atom stereocenters. The van der Waals surface area contributed by atoms with E-state index in [0.29, 0.717) is 5.56 Å². The third-order valence-corrected chi connectivity index (χ3v) is 2.46. The van der Waals surface area contributed by atoms with E-state index in [9.17, 15) is 4.79 Å². The number of aryl methyl sites for hydroxylation is 1. The number of primary amides is 1. The number of para-hydroxylation sites is 1. The monoisotopic (exact) mass is 200 g/mol. The molecule has 0 aliphatic rings. The third kappa shape index (κ3) is 1.68. The fourth-order valence-corrected chi connectivity index (χ4v) is 1.64. The molecule has 2 N–H and O–H groups in total. The molecule has 3 nitrogen and oxygen atoms in total. The number of nitrogens with zero attached hydrogens (tertiary/aromatic N) is 1. The molecule has 0 bridgehead atoms. The minimum atomic E-state index is -0.439. The Labute approximate surface area is 87.9 Å². The van der Waals surface area contributed by atoms with Gasteiger partial charge >= 0.3 is 0 Å². The van der Waals surface area contributed by atoms with Gasteiger partial charge in [0.2, 0.25) is 5.91 Å². The Morgan fingerprint density at radius 1 is 1.47 bits per heavy atom. The highest BCUT2D eigenvalue weighted by atomic mass is 16.1. The fourth-order valence-electron chi connectivity index (χ4n) is 1.64. The second-order valence-electron chi connectivity index (χ2n) is 3.43. The maximum Gasteiger partial charge on any atom is 0.250 e. The van der Waals surface area contributed by atoms with Crippen molar-refractivity contribution in [3.8, 4) is 0 Å². The first-order chi connectivity index (χ1) is 7.22. The molecule has 0 saturated heterocycles. The summed E-state index contributed by atoms with van der Waals surface area (Å²) in [5.41, 5.74) is 7.78. The number of benzene rings is 1. The first-order valence-electron chi connectivity index (χ1n) is 4.90. The van der Waals surface area contributed by atoms with Crippen LogP contribution in [-0.2, 0) is 6.42 Å². The smallest absolute Gasteiger partial charge is 0.250 e. The number of pyridine rings is 1. The average molecular weight is 200 g/mol. The number of rotatable bonds is 2. The summed E-state index contributed by atoms with van der Waals surface area (Å²) >= 11 is 0. The van der Waals surface area contributed by atoms with Gasteiger partial charge in [-0.05, 0) is 18.1 Å². The quantitative estimate of drug-likeness (QED) is 0.804. The van der Waals surface area contributed by atoms with Crippen LogP contribution in [0.1, 0.15) is 22.8 Å². The molecular formula is C12H12N2O. The van der Waals surface area contributed by atoms with Gasteiger partial charge in [0, 0.05) is 11.6 Å². The molecule has 0 radical (unpaired) electrons. The summed E-state index contributed by atoms with van der Waals surface area (Å²) in [5, 5.41) is 0.964. The molecule has 3 heteroatoms. The molecule has 1 amide bonds. The number of hydrogen-bond donors (Lipinski definition) is 1. The SMILES string of the molecule is CCc1cccc2cc(C(N)=O)cnc12. The van der Waals surface area contributed by atoms with E-state index in [1.807, 2.05) is 18.2 Å². The van der Waals surface area contributed by atoms with Crippen molar-refractivity contribution >= 4 is 16.8 Å². The second kappa shape index (κ2) is 3.69. The Balaban J connectivity index is 2.69. The van der Waals surface area contributed by atoms with Gasteiger partial charge in [0.25, 0.3) is 0 Å². The van der Waals surface area contributed by atoms with E-state index < -0.39 is 5.91 Å². The Morgan fingerprint density at radius 2 is 2.27 bits per heavy atom. The summed E-state index contributed by atoms with van der Waals surface area (Å²) in [5.74, 6) is -0.439.